The molecule has 9 heteroatoms. The van der Waals surface area contributed by atoms with Gasteiger partial charge < -0.3 is 15.2 Å². The van der Waals surface area contributed by atoms with Crippen molar-refractivity contribution in [2.75, 3.05) is 18.4 Å². The minimum Gasteiger partial charge on any atom is -0.359 e. The number of nitrogens with zero attached hydrogens (tertiary/aromatic N) is 2. The monoisotopic (exact) mass is 411 g/mol. The molecule has 0 unspecified atom stereocenters. The van der Waals surface area contributed by atoms with Crippen molar-refractivity contribution < 1.29 is 9.18 Å². The number of carbonyl (C=O) groups is 1. The lowest BCUT2D eigenvalue weighted by Crippen LogP contribution is -2.26. The predicted molar refractivity (Wildman–Crippen MR) is 111 cm³/mol. The van der Waals surface area contributed by atoms with Gasteiger partial charge in [0.25, 0.3) is 11.5 Å². The molecule has 3 N–H and O–H groups in total. The standard InChI is InChI=1S/C20H18FN5O2S/c21-13-3-4-16-12(7-13)8-15(19(27)24-16)17(25-22)10-23-14-9-18(29-11-14)20(28)26-5-1-2-6-26/h3-4,7-11,22-23H,1-2,5-6H2,(H,24,27)/b17-10-,25-22?. The number of carbonyl (C=O) groups excluding carboxylic acids is 1. The molecule has 0 bridgehead atoms. The smallest absolute Gasteiger partial charge is 0.263 e. The van der Waals surface area contributed by atoms with E-state index in [1.807, 2.05) is 4.90 Å². The van der Waals surface area contributed by atoms with E-state index in [1.54, 1.807) is 11.4 Å². The van der Waals surface area contributed by atoms with Crippen LogP contribution in [0.1, 0.15) is 28.1 Å². The summed E-state index contributed by atoms with van der Waals surface area (Å²) < 4.78 is 13.5. The number of H-pyrrole nitrogens is 1. The van der Waals surface area contributed by atoms with Crippen molar-refractivity contribution in [3.05, 3.63) is 68.5 Å². The van der Waals surface area contributed by atoms with Gasteiger partial charge in [0.2, 0.25) is 0 Å². The van der Waals surface area contributed by atoms with Crippen molar-refractivity contribution in [3.63, 3.8) is 0 Å². The highest BCUT2D eigenvalue weighted by atomic mass is 32.1. The van der Waals surface area contributed by atoms with Crippen LogP contribution < -0.4 is 10.9 Å². The van der Waals surface area contributed by atoms with Gasteiger partial charge in [-0.2, -0.15) is 5.11 Å². The highest BCUT2D eigenvalue weighted by Crippen LogP contribution is 2.24. The largest absolute Gasteiger partial charge is 0.359 e. The molecule has 3 aromatic rings. The first-order chi connectivity index (χ1) is 14.0. The Labute approximate surface area is 169 Å². The van der Waals surface area contributed by atoms with Crippen LogP contribution in [0.4, 0.5) is 10.1 Å². The summed E-state index contributed by atoms with van der Waals surface area (Å²) >= 11 is 1.34. The second-order valence-corrected chi connectivity index (χ2v) is 7.64. The number of thiophene rings is 1. The van der Waals surface area contributed by atoms with E-state index in [-0.39, 0.29) is 17.2 Å². The molecule has 0 spiro atoms. The number of aromatic amines is 1. The van der Waals surface area contributed by atoms with E-state index in [2.05, 4.69) is 15.4 Å². The molecule has 0 radical (unpaired) electrons. The Balaban J connectivity index is 1.58. The number of halogens is 1. The molecular formula is C20H18FN5O2S. The van der Waals surface area contributed by atoms with Crippen molar-refractivity contribution in [2.24, 2.45) is 5.11 Å². The van der Waals surface area contributed by atoms with Crippen LogP contribution in [0, 0.1) is 11.3 Å². The minimum atomic E-state index is -0.427. The molecule has 1 saturated heterocycles. The summed E-state index contributed by atoms with van der Waals surface area (Å²) in [6.45, 7) is 1.57. The first-order valence-electron chi connectivity index (χ1n) is 9.10. The van der Waals surface area contributed by atoms with Gasteiger partial charge >= 0.3 is 0 Å². The first kappa shape index (κ1) is 19.0. The van der Waals surface area contributed by atoms with Gasteiger partial charge in [-0.25, -0.2) is 9.92 Å². The zero-order chi connectivity index (χ0) is 20.4. The van der Waals surface area contributed by atoms with Crippen LogP contribution in [-0.2, 0) is 0 Å². The first-order valence-corrected chi connectivity index (χ1v) is 9.98. The third-order valence-corrected chi connectivity index (χ3v) is 5.70. The van der Waals surface area contributed by atoms with Crippen molar-refractivity contribution in [3.8, 4) is 0 Å². The fraction of sp³-hybridized carbons (Fsp3) is 0.200. The maximum absolute atomic E-state index is 13.5. The molecule has 7 nitrogen and oxygen atoms in total. The number of aromatic nitrogens is 1. The molecule has 1 amide bonds. The van der Waals surface area contributed by atoms with E-state index in [1.165, 1.54) is 41.8 Å². The number of hydrogen-bond donors (Lipinski definition) is 3. The summed E-state index contributed by atoms with van der Waals surface area (Å²) in [6.07, 6.45) is 3.49. The quantitative estimate of drug-likeness (QED) is 0.542. The van der Waals surface area contributed by atoms with Crippen molar-refractivity contribution in [1.82, 2.24) is 9.88 Å². The fourth-order valence-corrected chi connectivity index (χ4v) is 4.10. The van der Waals surface area contributed by atoms with Gasteiger partial charge in [-0.15, -0.1) is 11.3 Å². The average molecular weight is 411 g/mol. The van der Waals surface area contributed by atoms with Gasteiger partial charge in [-0.05, 0) is 43.2 Å². The molecule has 148 valence electrons. The number of amides is 1. The molecule has 1 aliphatic heterocycles. The van der Waals surface area contributed by atoms with Crippen LogP contribution in [0.2, 0.25) is 0 Å². The third kappa shape index (κ3) is 3.95. The van der Waals surface area contributed by atoms with Crippen LogP contribution in [0.3, 0.4) is 0 Å². The van der Waals surface area contributed by atoms with E-state index in [0.29, 0.717) is 21.5 Å². The zero-order valence-electron chi connectivity index (χ0n) is 15.4. The lowest BCUT2D eigenvalue weighted by Gasteiger charge is -2.13. The van der Waals surface area contributed by atoms with E-state index >= 15 is 0 Å². The Morgan fingerprint density at radius 2 is 2.07 bits per heavy atom. The molecule has 0 atom stereocenters. The van der Waals surface area contributed by atoms with Gasteiger partial charge in [-0.1, -0.05) is 0 Å². The van der Waals surface area contributed by atoms with Gasteiger partial charge in [0.1, 0.15) is 11.5 Å². The molecule has 29 heavy (non-hydrogen) atoms. The maximum Gasteiger partial charge on any atom is 0.263 e. The Morgan fingerprint density at radius 1 is 1.28 bits per heavy atom. The number of pyridine rings is 1. The SMILES string of the molecule is N=N/C(=C\Nc1csc(C(=O)N2CCCC2)c1)c1cc2cc(F)ccc2[nH]c1=O. The lowest BCUT2D eigenvalue weighted by molar-refractivity contribution is 0.0797. The Kier molecular flexibility index (Phi) is 5.22. The molecule has 1 aliphatic rings. The molecule has 3 heterocycles. The topological polar surface area (TPSA) is 101 Å². The molecule has 2 aromatic heterocycles. The van der Waals surface area contributed by atoms with E-state index in [4.69, 9.17) is 5.53 Å². The lowest BCUT2D eigenvalue weighted by atomic mass is 10.1. The molecule has 0 saturated carbocycles. The second kappa shape index (κ2) is 7.96. The summed E-state index contributed by atoms with van der Waals surface area (Å²) in [6, 6.07) is 7.29. The minimum absolute atomic E-state index is 0.0166. The van der Waals surface area contributed by atoms with Gasteiger partial charge in [0, 0.05) is 41.3 Å². The fourth-order valence-electron chi connectivity index (χ4n) is 3.29. The number of hydrogen-bond acceptors (Lipinski definition) is 6. The summed E-state index contributed by atoms with van der Waals surface area (Å²) in [5.74, 6) is -0.404. The zero-order valence-corrected chi connectivity index (χ0v) is 16.2. The highest BCUT2D eigenvalue weighted by molar-refractivity contribution is 7.12. The molecule has 4 rings (SSSR count). The van der Waals surface area contributed by atoms with Crippen molar-refractivity contribution >= 4 is 39.5 Å². The summed E-state index contributed by atoms with van der Waals surface area (Å²) in [4.78, 5) is 29.9. The van der Waals surface area contributed by atoms with Crippen LogP contribution in [0.15, 0.2) is 51.8 Å². The van der Waals surface area contributed by atoms with Gasteiger partial charge in [-0.3, -0.25) is 9.59 Å². The van der Waals surface area contributed by atoms with Crippen LogP contribution >= 0.6 is 11.3 Å². The number of nitrogens with one attached hydrogen (secondary N) is 3. The third-order valence-electron chi connectivity index (χ3n) is 4.78. The molecule has 1 fully saturated rings. The van der Waals surface area contributed by atoms with E-state index in [9.17, 15) is 14.0 Å². The molecule has 0 aliphatic carbocycles. The van der Waals surface area contributed by atoms with Gasteiger partial charge in [0.05, 0.1) is 10.4 Å². The maximum atomic E-state index is 13.5. The summed E-state index contributed by atoms with van der Waals surface area (Å²) in [5.41, 5.74) is 8.41. The predicted octanol–water partition coefficient (Wildman–Crippen LogP) is 4.41. The van der Waals surface area contributed by atoms with E-state index < -0.39 is 11.4 Å². The van der Waals surface area contributed by atoms with Crippen molar-refractivity contribution in [2.45, 2.75) is 12.8 Å². The highest BCUT2D eigenvalue weighted by Gasteiger charge is 2.20. The van der Waals surface area contributed by atoms with Crippen molar-refractivity contribution in [1.29, 1.82) is 5.53 Å². The van der Waals surface area contributed by atoms with E-state index in [0.717, 1.165) is 25.9 Å². The number of rotatable bonds is 5. The summed E-state index contributed by atoms with van der Waals surface area (Å²) in [7, 11) is 0. The van der Waals surface area contributed by atoms with Crippen LogP contribution in [0.5, 0.6) is 0 Å². The van der Waals surface area contributed by atoms with Crippen LogP contribution in [-0.4, -0.2) is 28.9 Å². The Bertz CT molecular complexity index is 1180. The Hall–Kier alpha value is -3.33. The average Bonchev–Trinajstić information content (AvgIpc) is 3.41. The summed E-state index contributed by atoms with van der Waals surface area (Å²) in [5, 5.41) is 8.71. The molecular weight excluding hydrogens is 393 g/mol. The normalized spacial score (nSPS) is 14.4. The number of likely N-dealkylation sites (tertiary alicyclic amines) is 1. The number of anilines is 1. The van der Waals surface area contributed by atoms with Gasteiger partial charge in [0.15, 0.2) is 0 Å². The Morgan fingerprint density at radius 3 is 2.83 bits per heavy atom. The second-order valence-electron chi connectivity index (χ2n) is 6.73. The number of fused-ring (bicyclic) bond motifs is 1. The number of benzene rings is 1. The molecule has 1 aromatic carbocycles. The van der Waals surface area contributed by atoms with Crippen LogP contribution in [0.25, 0.3) is 16.6 Å².